The molecule has 1 saturated carbocycles. The highest BCUT2D eigenvalue weighted by atomic mass is 16.1. The first-order valence-corrected chi connectivity index (χ1v) is 6.90. The minimum atomic E-state index is 0.231. The van der Waals surface area contributed by atoms with Crippen molar-refractivity contribution in [3.05, 3.63) is 12.2 Å². The lowest BCUT2D eigenvalue weighted by Gasteiger charge is -2.18. The summed E-state index contributed by atoms with van der Waals surface area (Å²) in [6.45, 7) is 3.83. The number of hydrogen-bond acceptors (Lipinski definition) is 2. The fourth-order valence-electron chi connectivity index (χ4n) is 3.22. The highest BCUT2D eigenvalue weighted by Crippen LogP contribution is 2.47. The van der Waals surface area contributed by atoms with Crippen LogP contribution in [-0.4, -0.2) is 19.0 Å². The number of carbonyl (C=O) groups excluding carboxylic acids is 1. The largest absolute Gasteiger partial charge is 0.356 e. The number of nitrogens with one attached hydrogen (secondary N) is 1. The molecule has 0 spiro atoms. The van der Waals surface area contributed by atoms with E-state index < -0.39 is 0 Å². The number of carbonyl (C=O) groups is 1. The zero-order valence-corrected chi connectivity index (χ0v) is 10.7. The van der Waals surface area contributed by atoms with Crippen molar-refractivity contribution in [2.24, 2.45) is 29.4 Å². The zero-order valence-electron chi connectivity index (χ0n) is 10.7. The summed E-state index contributed by atoms with van der Waals surface area (Å²) in [7, 11) is 0. The summed E-state index contributed by atoms with van der Waals surface area (Å²) in [4.78, 5) is 12.0. The number of allylic oxidation sites excluding steroid dienone is 2. The Kier molecular flexibility index (Phi) is 4.21. The number of fused-ring (bicyclic) bond motifs is 2. The highest BCUT2D eigenvalue weighted by molar-refractivity contribution is 5.80. The van der Waals surface area contributed by atoms with Crippen LogP contribution >= 0.6 is 0 Å². The average molecular weight is 236 g/mol. The minimum Gasteiger partial charge on any atom is -0.356 e. The van der Waals surface area contributed by atoms with Crippen molar-refractivity contribution in [1.82, 2.24) is 5.32 Å². The summed E-state index contributed by atoms with van der Waals surface area (Å²) < 4.78 is 0. The van der Waals surface area contributed by atoms with E-state index in [1.54, 1.807) is 0 Å². The lowest BCUT2D eigenvalue weighted by molar-refractivity contribution is -0.125. The standard InChI is InChI=1S/C14H24N2O/c1-10-11-5-6-12(10)13(9-11)14(17)16-8-4-2-3-7-15/h5-6,10-13H,2-4,7-9,15H2,1H3,(H,16,17)/t10-,11?,12?,13?/m0/s1. The molecule has 1 fully saturated rings. The Labute approximate surface area is 104 Å². The van der Waals surface area contributed by atoms with Gasteiger partial charge in [0.2, 0.25) is 5.91 Å². The number of nitrogens with two attached hydrogens (primary N) is 1. The molecule has 4 atom stereocenters. The van der Waals surface area contributed by atoms with E-state index >= 15 is 0 Å². The summed E-state index contributed by atoms with van der Waals surface area (Å²) in [6, 6.07) is 0. The lowest BCUT2D eigenvalue weighted by Crippen LogP contribution is -2.33. The van der Waals surface area contributed by atoms with E-state index in [0.717, 1.165) is 38.8 Å². The fraction of sp³-hybridized carbons (Fsp3) is 0.786. The maximum absolute atomic E-state index is 12.0. The van der Waals surface area contributed by atoms with Crippen LogP contribution in [0.1, 0.15) is 32.6 Å². The third-order valence-corrected chi connectivity index (χ3v) is 4.37. The normalized spacial score (nSPS) is 34.2. The van der Waals surface area contributed by atoms with E-state index in [9.17, 15) is 4.79 Å². The maximum atomic E-state index is 12.0. The van der Waals surface area contributed by atoms with E-state index in [1.807, 2.05) is 0 Å². The van der Waals surface area contributed by atoms with Crippen molar-refractivity contribution in [1.29, 1.82) is 0 Å². The molecule has 0 radical (unpaired) electrons. The Morgan fingerprint density at radius 1 is 1.35 bits per heavy atom. The molecule has 0 aromatic heterocycles. The van der Waals surface area contributed by atoms with Crippen molar-refractivity contribution >= 4 is 5.91 Å². The molecule has 96 valence electrons. The van der Waals surface area contributed by atoms with Crippen LogP contribution in [0, 0.1) is 23.7 Å². The molecule has 0 aromatic carbocycles. The third-order valence-electron chi connectivity index (χ3n) is 4.37. The topological polar surface area (TPSA) is 55.1 Å². The van der Waals surface area contributed by atoms with Crippen LogP contribution in [0.25, 0.3) is 0 Å². The summed E-state index contributed by atoms with van der Waals surface area (Å²) in [5, 5.41) is 3.08. The fourth-order valence-corrected chi connectivity index (χ4v) is 3.22. The molecule has 0 heterocycles. The quantitative estimate of drug-likeness (QED) is 0.544. The minimum absolute atomic E-state index is 0.231. The van der Waals surface area contributed by atoms with Gasteiger partial charge < -0.3 is 11.1 Å². The molecule has 0 aliphatic heterocycles. The lowest BCUT2D eigenvalue weighted by atomic mass is 9.91. The van der Waals surface area contributed by atoms with E-state index in [4.69, 9.17) is 5.73 Å². The number of rotatable bonds is 6. The van der Waals surface area contributed by atoms with Crippen molar-refractivity contribution in [3.63, 3.8) is 0 Å². The molecule has 1 amide bonds. The van der Waals surface area contributed by atoms with Gasteiger partial charge in [-0.1, -0.05) is 25.5 Å². The van der Waals surface area contributed by atoms with Gasteiger partial charge in [-0.15, -0.1) is 0 Å². The molecule has 2 aliphatic rings. The molecular formula is C14H24N2O. The first kappa shape index (κ1) is 12.6. The van der Waals surface area contributed by atoms with E-state index in [2.05, 4.69) is 24.4 Å². The van der Waals surface area contributed by atoms with E-state index in [0.29, 0.717) is 17.8 Å². The first-order valence-electron chi connectivity index (χ1n) is 6.90. The summed E-state index contributed by atoms with van der Waals surface area (Å²) in [5.41, 5.74) is 5.43. The SMILES string of the molecule is C[C@H]1C2C=CC1C(C(=O)NCCCCCN)C2. The van der Waals surface area contributed by atoms with Crippen LogP contribution in [0.15, 0.2) is 12.2 Å². The predicted octanol–water partition coefficient (Wildman–Crippen LogP) is 1.69. The van der Waals surface area contributed by atoms with Gasteiger partial charge in [0, 0.05) is 12.5 Å². The van der Waals surface area contributed by atoms with Crippen molar-refractivity contribution < 1.29 is 4.79 Å². The summed E-state index contributed by atoms with van der Waals surface area (Å²) >= 11 is 0. The van der Waals surface area contributed by atoms with Gasteiger partial charge in [-0.25, -0.2) is 0 Å². The van der Waals surface area contributed by atoms with Crippen LogP contribution in [-0.2, 0) is 4.79 Å². The maximum Gasteiger partial charge on any atom is 0.223 e. The van der Waals surface area contributed by atoms with Gasteiger partial charge in [-0.3, -0.25) is 4.79 Å². The molecule has 3 N–H and O–H groups in total. The molecule has 17 heavy (non-hydrogen) atoms. The van der Waals surface area contributed by atoms with Crippen LogP contribution in [0.5, 0.6) is 0 Å². The Balaban J connectivity index is 1.69. The Morgan fingerprint density at radius 2 is 2.18 bits per heavy atom. The second kappa shape index (κ2) is 5.67. The molecule has 0 aromatic rings. The second-order valence-electron chi connectivity index (χ2n) is 5.47. The van der Waals surface area contributed by atoms with Crippen molar-refractivity contribution in [2.75, 3.05) is 13.1 Å². The predicted molar refractivity (Wildman–Crippen MR) is 69.3 cm³/mol. The summed E-state index contributed by atoms with van der Waals surface area (Å²) in [6.07, 6.45) is 8.82. The molecule has 3 nitrogen and oxygen atoms in total. The monoisotopic (exact) mass is 236 g/mol. The van der Waals surface area contributed by atoms with Gasteiger partial charge in [-0.2, -0.15) is 0 Å². The zero-order chi connectivity index (χ0) is 12.3. The van der Waals surface area contributed by atoms with Gasteiger partial charge in [0.25, 0.3) is 0 Å². The van der Waals surface area contributed by atoms with Crippen LogP contribution < -0.4 is 11.1 Å². The van der Waals surface area contributed by atoms with Gasteiger partial charge >= 0.3 is 0 Å². The number of hydrogen-bond donors (Lipinski definition) is 2. The van der Waals surface area contributed by atoms with E-state index in [-0.39, 0.29) is 11.8 Å². The van der Waals surface area contributed by atoms with Gasteiger partial charge in [0.15, 0.2) is 0 Å². The average Bonchev–Trinajstić information content (AvgIpc) is 2.84. The van der Waals surface area contributed by atoms with Crippen molar-refractivity contribution in [3.8, 4) is 0 Å². The Morgan fingerprint density at radius 3 is 2.76 bits per heavy atom. The van der Waals surface area contributed by atoms with Gasteiger partial charge in [0.05, 0.1) is 0 Å². The van der Waals surface area contributed by atoms with Gasteiger partial charge in [0.1, 0.15) is 0 Å². The molecular weight excluding hydrogens is 212 g/mol. The molecule has 2 bridgehead atoms. The van der Waals surface area contributed by atoms with Gasteiger partial charge in [-0.05, 0) is 43.6 Å². The molecule has 2 rings (SSSR count). The third kappa shape index (κ3) is 2.71. The first-order chi connectivity index (χ1) is 8.24. The van der Waals surface area contributed by atoms with E-state index in [1.165, 1.54) is 0 Å². The molecule has 3 heteroatoms. The van der Waals surface area contributed by atoms with Crippen LogP contribution in [0.4, 0.5) is 0 Å². The smallest absolute Gasteiger partial charge is 0.223 e. The molecule has 0 saturated heterocycles. The molecule has 3 unspecified atom stereocenters. The van der Waals surface area contributed by atoms with Crippen LogP contribution in [0.3, 0.4) is 0 Å². The Bertz CT molecular complexity index is 301. The highest BCUT2D eigenvalue weighted by Gasteiger charge is 2.44. The van der Waals surface area contributed by atoms with Crippen LogP contribution in [0.2, 0.25) is 0 Å². The number of unbranched alkanes of at least 4 members (excludes halogenated alkanes) is 2. The second-order valence-corrected chi connectivity index (χ2v) is 5.47. The Hall–Kier alpha value is -0.830. The number of amides is 1. The summed E-state index contributed by atoms with van der Waals surface area (Å²) in [5.74, 6) is 2.30. The molecule has 2 aliphatic carbocycles. The van der Waals surface area contributed by atoms with Crippen molar-refractivity contribution in [2.45, 2.75) is 32.6 Å².